The van der Waals surface area contributed by atoms with Gasteiger partial charge in [-0.05, 0) is 67.1 Å². The lowest BCUT2D eigenvalue weighted by Crippen LogP contribution is -2.58. The number of hydrogen-bond acceptors (Lipinski definition) is 4. The van der Waals surface area contributed by atoms with Crippen LogP contribution in [0.5, 0.6) is 0 Å². The molecule has 2 aliphatic heterocycles. The maximum absolute atomic E-state index is 14.0. The second-order valence-corrected chi connectivity index (χ2v) is 12.8. The van der Waals surface area contributed by atoms with E-state index in [2.05, 4.69) is 27.7 Å². The number of carbonyl (C=O) groups excluding carboxylic acids is 2. The highest BCUT2D eigenvalue weighted by atomic mass is 16.7. The van der Waals surface area contributed by atoms with Gasteiger partial charge < -0.3 is 9.47 Å². The van der Waals surface area contributed by atoms with Crippen molar-refractivity contribution < 1.29 is 19.1 Å². The Morgan fingerprint density at radius 2 is 1.77 bits per heavy atom. The number of ketones is 2. The second kappa shape index (κ2) is 6.65. The molecule has 0 radical (unpaired) electrons. The van der Waals surface area contributed by atoms with Crippen LogP contribution in [0.15, 0.2) is 0 Å². The van der Waals surface area contributed by atoms with E-state index in [9.17, 15) is 9.59 Å². The van der Waals surface area contributed by atoms with Crippen molar-refractivity contribution in [1.82, 2.24) is 0 Å². The fourth-order valence-electron chi connectivity index (χ4n) is 9.74. The van der Waals surface area contributed by atoms with Crippen LogP contribution in [0.3, 0.4) is 0 Å². The summed E-state index contributed by atoms with van der Waals surface area (Å²) in [5.41, 5.74) is -0.101. The van der Waals surface area contributed by atoms with Crippen LogP contribution in [0.1, 0.15) is 85.5 Å². The molecular formula is C27H40O4. The van der Waals surface area contributed by atoms with Crippen LogP contribution in [-0.2, 0) is 19.1 Å². The monoisotopic (exact) mass is 428 g/mol. The zero-order chi connectivity index (χ0) is 21.8. The van der Waals surface area contributed by atoms with Crippen molar-refractivity contribution in [2.24, 2.45) is 52.3 Å². The molecule has 4 heteroatoms. The Hall–Kier alpha value is -0.740. The lowest BCUT2D eigenvalue weighted by Gasteiger charge is -2.59. The molecule has 7 unspecified atom stereocenters. The lowest BCUT2D eigenvalue weighted by molar-refractivity contribution is -0.272. The average Bonchev–Trinajstić information content (AvgIpc) is 3.18. The van der Waals surface area contributed by atoms with E-state index in [0.29, 0.717) is 41.2 Å². The predicted molar refractivity (Wildman–Crippen MR) is 117 cm³/mol. The normalized spacial score (nSPS) is 58.6. The zero-order valence-electron chi connectivity index (χ0n) is 19.8. The Labute approximate surface area is 187 Å². The predicted octanol–water partition coefficient (Wildman–Crippen LogP) is 5.18. The third kappa shape index (κ3) is 2.61. The van der Waals surface area contributed by atoms with Gasteiger partial charge in [0.1, 0.15) is 11.6 Å². The maximum atomic E-state index is 14.0. The van der Waals surface area contributed by atoms with Gasteiger partial charge in [0.15, 0.2) is 5.79 Å². The quantitative estimate of drug-likeness (QED) is 0.533. The highest BCUT2D eigenvalue weighted by Gasteiger charge is 2.71. The van der Waals surface area contributed by atoms with Crippen molar-refractivity contribution in [3.05, 3.63) is 0 Å². The number of rotatable bonds is 0. The lowest BCUT2D eigenvalue weighted by atomic mass is 9.44. The standard InChI is InChI=1S/C27H40O4/c1-15-7-10-27(30-14-15)16(2)24-22(31-27)12-21-19-6-5-17-11-18(28)8-9-25(17,3)20(19)13-23(29)26(21,24)4/h15-17,19-22,24H,5-14H2,1-4H3/t15?,16-,17-,19?,20?,21?,22?,24?,25-,26+,27?/m0/s1. The minimum Gasteiger partial charge on any atom is -0.349 e. The minimum atomic E-state index is -0.458. The van der Waals surface area contributed by atoms with Gasteiger partial charge in [-0.3, -0.25) is 9.59 Å². The topological polar surface area (TPSA) is 52.6 Å². The van der Waals surface area contributed by atoms with E-state index in [4.69, 9.17) is 9.47 Å². The van der Waals surface area contributed by atoms with E-state index in [1.165, 1.54) is 12.8 Å². The molecule has 6 fully saturated rings. The second-order valence-electron chi connectivity index (χ2n) is 12.8. The number of hydrogen-bond donors (Lipinski definition) is 0. The van der Waals surface area contributed by atoms with E-state index < -0.39 is 5.79 Å². The SMILES string of the molecule is CC1CCC2(OC1)OC1CC3C4CC[C@H]5CC(=O)CC[C@]5(C)C4CC(=O)[C@]3(C)C1[C@@H]2C. The van der Waals surface area contributed by atoms with Crippen molar-refractivity contribution in [3.63, 3.8) is 0 Å². The number of carbonyl (C=O) groups is 2. The van der Waals surface area contributed by atoms with Gasteiger partial charge in [-0.2, -0.15) is 0 Å². The Morgan fingerprint density at radius 3 is 2.52 bits per heavy atom. The molecule has 4 aliphatic carbocycles. The summed E-state index contributed by atoms with van der Waals surface area (Å²) < 4.78 is 13.2. The molecule has 6 rings (SSSR count). The van der Waals surface area contributed by atoms with Crippen molar-refractivity contribution >= 4 is 11.6 Å². The molecule has 0 aromatic rings. The van der Waals surface area contributed by atoms with Crippen molar-refractivity contribution in [3.8, 4) is 0 Å². The molecule has 0 bridgehead atoms. The Bertz CT molecular complexity index is 797. The zero-order valence-corrected chi connectivity index (χ0v) is 19.8. The van der Waals surface area contributed by atoms with Gasteiger partial charge in [0.05, 0.1) is 12.7 Å². The summed E-state index contributed by atoms with van der Waals surface area (Å²) in [6.07, 6.45) is 8.86. The van der Waals surface area contributed by atoms with Crippen LogP contribution in [0, 0.1) is 52.3 Å². The molecule has 4 nitrogen and oxygen atoms in total. The van der Waals surface area contributed by atoms with Gasteiger partial charge >= 0.3 is 0 Å². The molecule has 2 heterocycles. The summed E-state index contributed by atoms with van der Waals surface area (Å²) in [4.78, 5) is 26.1. The molecule has 2 saturated heterocycles. The first kappa shape index (κ1) is 20.8. The van der Waals surface area contributed by atoms with Crippen LogP contribution in [0.4, 0.5) is 0 Å². The van der Waals surface area contributed by atoms with Crippen molar-refractivity contribution in [1.29, 1.82) is 0 Å². The van der Waals surface area contributed by atoms with Crippen LogP contribution in [0.25, 0.3) is 0 Å². The minimum absolute atomic E-state index is 0.166. The first-order chi connectivity index (χ1) is 14.7. The van der Waals surface area contributed by atoms with E-state index in [1.807, 2.05) is 0 Å². The highest BCUT2D eigenvalue weighted by molar-refractivity contribution is 5.87. The Morgan fingerprint density at radius 1 is 0.968 bits per heavy atom. The Balaban J connectivity index is 1.31. The van der Waals surface area contributed by atoms with Gasteiger partial charge in [-0.15, -0.1) is 0 Å². The van der Waals surface area contributed by atoms with Crippen LogP contribution >= 0.6 is 0 Å². The molecule has 6 aliphatic rings. The van der Waals surface area contributed by atoms with Crippen LogP contribution in [-0.4, -0.2) is 30.1 Å². The molecule has 172 valence electrons. The van der Waals surface area contributed by atoms with E-state index in [0.717, 1.165) is 51.6 Å². The summed E-state index contributed by atoms with van der Waals surface area (Å²) in [7, 11) is 0. The molecule has 0 aromatic carbocycles. The van der Waals surface area contributed by atoms with Gasteiger partial charge in [-0.1, -0.05) is 27.7 Å². The first-order valence-corrected chi connectivity index (χ1v) is 13.1. The van der Waals surface area contributed by atoms with Gasteiger partial charge in [0.2, 0.25) is 0 Å². The fraction of sp³-hybridized carbons (Fsp3) is 0.926. The largest absolute Gasteiger partial charge is 0.349 e. The molecule has 0 N–H and O–H groups in total. The molecule has 1 spiro atoms. The number of fused-ring (bicyclic) bond motifs is 7. The molecule has 4 saturated carbocycles. The van der Waals surface area contributed by atoms with Crippen LogP contribution in [0.2, 0.25) is 0 Å². The van der Waals surface area contributed by atoms with Gasteiger partial charge in [-0.25, -0.2) is 0 Å². The smallest absolute Gasteiger partial charge is 0.171 e. The summed E-state index contributed by atoms with van der Waals surface area (Å²) in [6.45, 7) is 10.0. The van der Waals surface area contributed by atoms with Crippen molar-refractivity contribution in [2.75, 3.05) is 6.61 Å². The molecule has 0 aromatic heterocycles. The number of Topliss-reactive ketones (excluding diaryl/α,β-unsaturated/α-hetero) is 2. The van der Waals surface area contributed by atoms with E-state index in [-0.39, 0.29) is 28.8 Å². The summed E-state index contributed by atoms with van der Waals surface area (Å²) in [5, 5.41) is 0. The molecular weight excluding hydrogens is 388 g/mol. The Kier molecular flexibility index (Phi) is 4.47. The summed E-state index contributed by atoms with van der Waals surface area (Å²) >= 11 is 0. The first-order valence-electron chi connectivity index (χ1n) is 13.1. The number of ether oxygens (including phenoxy) is 2. The van der Waals surface area contributed by atoms with E-state index >= 15 is 0 Å². The fourth-order valence-corrected chi connectivity index (χ4v) is 9.74. The molecule has 0 amide bonds. The van der Waals surface area contributed by atoms with Gasteiger partial charge in [0.25, 0.3) is 0 Å². The maximum Gasteiger partial charge on any atom is 0.171 e. The van der Waals surface area contributed by atoms with E-state index in [1.54, 1.807) is 0 Å². The van der Waals surface area contributed by atoms with Crippen molar-refractivity contribution in [2.45, 2.75) is 97.4 Å². The molecule has 31 heavy (non-hydrogen) atoms. The third-order valence-electron chi connectivity index (χ3n) is 11.6. The summed E-state index contributed by atoms with van der Waals surface area (Å²) in [5.74, 6) is 3.63. The average molecular weight is 429 g/mol. The molecule has 11 atom stereocenters. The third-order valence-corrected chi connectivity index (χ3v) is 11.6. The highest BCUT2D eigenvalue weighted by Crippen LogP contribution is 2.70. The van der Waals surface area contributed by atoms with Gasteiger partial charge in [0, 0.05) is 42.9 Å². The van der Waals surface area contributed by atoms with Crippen LogP contribution < -0.4 is 0 Å². The summed E-state index contributed by atoms with van der Waals surface area (Å²) in [6, 6.07) is 0.